The predicted molar refractivity (Wildman–Crippen MR) is 44.6 cm³/mol. The second-order valence-electron chi connectivity index (χ2n) is 2.90. The van der Waals surface area contributed by atoms with Gasteiger partial charge in [0.25, 0.3) is 5.95 Å². The van der Waals surface area contributed by atoms with E-state index in [-0.39, 0.29) is 6.10 Å². The number of aldehydes is 1. The van der Waals surface area contributed by atoms with E-state index in [0.29, 0.717) is 18.0 Å². The van der Waals surface area contributed by atoms with Crippen molar-refractivity contribution < 1.29 is 13.9 Å². The Morgan fingerprint density at radius 2 is 2.25 bits per heavy atom. The lowest BCUT2D eigenvalue weighted by Crippen LogP contribution is -2.04. The standard InChI is InChI=1S/C9H12O3/c1-6(2)11-9-4-7(3)8(5-10)12-9/h4-6H,1-3H3. The van der Waals surface area contributed by atoms with Gasteiger partial charge in [0.05, 0.1) is 6.10 Å². The quantitative estimate of drug-likeness (QED) is 0.649. The topological polar surface area (TPSA) is 39.4 Å². The molecule has 0 saturated carbocycles. The minimum Gasteiger partial charge on any atom is -0.462 e. The molecule has 0 unspecified atom stereocenters. The molecule has 0 bridgehead atoms. The Morgan fingerprint density at radius 3 is 2.67 bits per heavy atom. The van der Waals surface area contributed by atoms with Crippen molar-refractivity contribution in [3.63, 3.8) is 0 Å². The van der Waals surface area contributed by atoms with Crippen molar-refractivity contribution in [3.8, 4) is 5.95 Å². The van der Waals surface area contributed by atoms with E-state index in [1.165, 1.54) is 0 Å². The zero-order chi connectivity index (χ0) is 9.14. The van der Waals surface area contributed by atoms with Crippen LogP contribution in [0.1, 0.15) is 30.0 Å². The van der Waals surface area contributed by atoms with Crippen molar-refractivity contribution in [2.24, 2.45) is 0 Å². The molecule has 1 heterocycles. The lowest BCUT2D eigenvalue weighted by molar-refractivity contribution is 0.108. The van der Waals surface area contributed by atoms with Gasteiger partial charge >= 0.3 is 0 Å². The van der Waals surface area contributed by atoms with Crippen molar-refractivity contribution in [2.45, 2.75) is 26.9 Å². The second kappa shape index (κ2) is 3.43. The van der Waals surface area contributed by atoms with Gasteiger partial charge < -0.3 is 9.15 Å². The molecule has 66 valence electrons. The maximum Gasteiger partial charge on any atom is 0.285 e. The Morgan fingerprint density at radius 1 is 1.58 bits per heavy atom. The summed E-state index contributed by atoms with van der Waals surface area (Å²) in [7, 11) is 0. The molecule has 1 aromatic heterocycles. The molecule has 0 aromatic carbocycles. The van der Waals surface area contributed by atoms with Gasteiger partial charge in [-0.2, -0.15) is 0 Å². The van der Waals surface area contributed by atoms with Crippen LogP contribution in [0.4, 0.5) is 0 Å². The SMILES string of the molecule is Cc1cc(OC(C)C)oc1C=O. The van der Waals surface area contributed by atoms with Crippen LogP contribution in [0.25, 0.3) is 0 Å². The molecule has 1 rings (SSSR count). The van der Waals surface area contributed by atoms with Gasteiger partial charge in [0.15, 0.2) is 12.0 Å². The highest BCUT2D eigenvalue weighted by atomic mass is 16.6. The van der Waals surface area contributed by atoms with Gasteiger partial charge in [0.2, 0.25) is 0 Å². The molecule has 0 N–H and O–H groups in total. The zero-order valence-electron chi connectivity index (χ0n) is 7.46. The maximum atomic E-state index is 10.4. The average molecular weight is 168 g/mol. The highest BCUT2D eigenvalue weighted by Gasteiger charge is 2.07. The van der Waals surface area contributed by atoms with E-state index in [1.54, 1.807) is 13.0 Å². The molecule has 0 amide bonds. The minimum absolute atomic E-state index is 0.0649. The molecule has 0 saturated heterocycles. The molecule has 0 aliphatic rings. The summed E-state index contributed by atoms with van der Waals surface area (Å²) in [6.07, 6.45) is 0.748. The van der Waals surface area contributed by atoms with Gasteiger partial charge in [-0.1, -0.05) is 0 Å². The van der Waals surface area contributed by atoms with Gasteiger partial charge in [-0.05, 0) is 20.8 Å². The molecule has 12 heavy (non-hydrogen) atoms. The normalized spacial score (nSPS) is 10.3. The molecule has 0 fully saturated rings. The summed E-state index contributed by atoms with van der Waals surface area (Å²) in [4.78, 5) is 10.4. The lowest BCUT2D eigenvalue weighted by Gasteiger charge is -2.03. The van der Waals surface area contributed by atoms with Crippen molar-refractivity contribution >= 4 is 6.29 Å². The smallest absolute Gasteiger partial charge is 0.285 e. The van der Waals surface area contributed by atoms with E-state index in [4.69, 9.17) is 9.15 Å². The number of hydrogen-bond donors (Lipinski definition) is 0. The second-order valence-corrected chi connectivity index (χ2v) is 2.90. The lowest BCUT2D eigenvalue weighted by atomic mass is 10.3. The van der Waals surface area contributed by atoms with Crippen molar-refractivity contribution in [1.29, 1.82) is 0 Å². The van der Waals surface area contributed by atoms with Crippen LogP contribution in [-0.2, 0) is 0 Å². The van der Waals surface area contributed by atoms with Crippen LogP contribution < -0.4 is 4.74 Å². The van der Waals surface area contributed by atoms with Gasteiger partial charge in [-0.3, -0.25) is 4.79 Å². The number of carbonyl (C=O) groups is 1. The predicted octanol–water partition coefficient (Wildman–Crippen LogP) is 2.19. The monoisotopic (exact) mass is 168 g/mol. The first-order valence-corrected chi connectivity index (χ1v) is 3.85. The molecule has 1 aromatic rings. The molecule has 0 aliphatic heterocycles. The third-order valence-electron chi connectivity index (χ3n) is 1.39. The van der Waals surface area contributed by atoms with E-state index < -0.39 is 0 Å². The highest BCUT2D eigenvalue weighted by Crippen LogP contribution is 2.20. The number of carbonyl (C=O) groups excluding carboxylic acids is 1. The summed E-state index contributed by atoms with van der Waals surface area (Å²) in [6, 6.07) is 1.71. The number of aryl methyl sites for hydroxylation is 1. The summed E-state index contributed by atoms with van der Waals surface area (Å²) < 4.78 is 10.3. The highest BCUT2D eigenvalue weighted by molar-refractivity contribution is 5.73. The number of hydrogen-bond acceptors (Lipinski definition) is 3. The molecule has 0 atom stereocenters. The van der Waals surface area contributed by atoms with Crippen LogP contribution in [-0.4, -0.2) is 12.4 Å². The molecule has 3 heteroatoms. The van der Waals surface area contributed by atoms with Gasteiger partial charge in [0.1, 0.15) is 0 Å². The molecule has 0 aliphatic carbocycles. The van der Waals surface area contributed by atoms with Crippen LogP contribution in [0, 0.1) is 6.92 Å². The van der Waals surface area contributed by atoms with Gasteiger partial charge in [-0.15, -0.1) is 0 Å². The third-order valence-corrected chi connectivity index (χ3v) is 1.39. The summed E-state index contributed by atoms with van der Waals surface area (Å²) in [6.45, 7) is 5.61. The van der Waals surface area contributed by atoms with Crippen molar-refractivity contribution in [1.82, 2.24) is 0 Å². The van der Waals surface area contributed by atoms with E-state index in [1.807, 2.05) is 13.8 Å². The Balaban J connectivity index is 2.82. The summed E-state index contributed by atoms with van der Waals surface area (Å²) in [5.74, 6) is 0.746. The van der Waals surface area contributed by atoms with E-state index in [0.717, 1.165) is 5.56 Å². The van der Waals surface area contributed by atoms with E-state index >= 15 is 0 Å². The van der Waals surface area contributed by atoms with Crippen LogP contribution in [0.15, 0.2) is 10.5 Å². The van der Waals surface area contributed by atoms with E-state index in [9.17, 15) is 4.79 Å². The zero-order valence-corrected chi connectivity index (χ0v) is 7.46. The molecule has 3 nitrogen and oxygen atoms in total. The number of furan rings is 1. The third kappa shape index (κ3) is 1.87. The Hall–Kier alpha value is -1.25. The first-order chi connectivity index (χ1) is 5.63. The van der Waals surface area contributed by atoms with Crippen LogP contribution in [0.3, 0.4) is 0 Å². The fourth-order valence-corrected chi connectivity index (χ4v) is 0.874. The van der Waals surface area contributed by atoms with Gasteiger partial charge in [-0.25, -0.2) is 0 Å². The summed E-state index contributed by atoms with van der Waals surface area (Å²) >= 11 is 0. The molecule has 0 radical (unpaired) electrons. The average Bonchev–Trinajstić information content (AvgIpc) is 2.29. The fourth-order valence-electron chi connectivity index (χ4n) is 0.874. The maximum absolute atomic E-state index is 10.4. The Kier molecular flexibility index (Phi) is 2.53. The van der Waals surface area contributed by atoms with Gasteiger partial charge in [0, 0.05) is 11.6 Å². The van der Waals surface area contributed by atoms with Crippen LogP contribution in [0.2, 0.25) is 0 Å². The van der Waals surface area contributed by atoms with E-state index in [2.05, 4.69) is 0 Å². The van der Waals surface area contributed by atoms with Crippen LogP contribution >= 0.6 is 0 Å². The molecular formula is C9H12O3. The first kappa shape index (κ1) is 8.84. The summed E-state index contributed by atoms with van der Waals surface area (Å²) in [5.41, 5.74) is 0.806. The molecule has 0 spiro atoms. The largest absolute Gasteiger partial charge is 0.462 e. The fraction of sp³-hybridized carbons (Fsp3) is 0.444. The first-order valence-electron chi connectivity index (χ1n) is 3.85. The van der Waals surface area contributed by atoms with Crippen molar-refractivity contribution in [2.75, 3.05) is 0 Å². The Bertz CT molecular complexity index is 273. The van der Waals surface area contributed by atoms with Crippen molar-refractivity contribution in [3.05, 3.63) is 17.4 Å². The Labute approximate surface area is 71.3 Å². The number of ether oxygens (including phenoxy) is 1. The van der Waals surface area contributed by atoms with Crippen LogP contribution in [0.5, 0.6) is 5.95 Å². The minimum atomic E-state index is 0.0649. The summed E-state index contributed by atoms with van der Waals surface area (Å²) in [5, 5.41) is 0. The number of rotatable bonds is 3. The molecular weight excluding hydrogens is 156 g/mol.